The first kappa shape index (κ1) is 23.4. The number of nitriles is 2. The van der Waals surface area contributed by atoms with E-state index in [0.29, 0.717) is 15.5 Å². The van der Waals surface area contributed by atoms with Crippen LogP contribution in [0.25, 0.3) is 0 Å². The monoisotopic (exact) mass is 494 g/mol. The number of nitro groups is 1. The Morgan fingerprint density at radius 1 is 0.812 bits per heavy atom. The lowest BCUT2D eigenvalue weighted by Gasteiger charge is -1.98. The molecule has 0 fully saturated rings. The molecule has 0 saturated carbocycles. The van der Waals surface area contributed by atoms with Gasteiger partial charge in [-0.15, -0.1) is 11.3 Å². The van der Waals surface area contributed by atoms with Crippen molar-refractivity contribution >= 4 is 56.2 Å². The molecule has 0 amide bonds. The Morgan fingerprint density at radius 2 is 1.28 bits per heavy atom. The first-order chi connectivity index (χ1) is 15.5. The van der Waals surface area contributed by atoms with Gasteiger partial charge in [0.15, 0.2) is 5.56 Å². The molecular weight excluding hydrogens is 481 g/mol. The predicted molar refractivity (Wildman–Crippen MR) is 130 cm³/mol. The summed E-state index contributed by atoms with van der Waals surface area (Å²) in [5.41, 5.74) is 6.43. The van der Waals surface area contributed by atoms with E-state index in [1.54, 1.807) is 17.1 Å². The fraction of sp³-hybridized carbons (Fsp3) is 0. The van der Waals surface area contributed by atoms with Crippen molar-refractivity contribution in [3.8, 4) is 12.1 Å². The third-order valence-corrected chi connectivity index (χ3v) is 7.99. The van der Waals surface area contributed by atoms with Crippen LogP contribution < -0.4 is 5.73 Å². The van der Waals surface area contributed by atoms with Crippen LogP contribution in [0.5, 0.6) is 0 Å². The second-order valence-electron chi connectivity index (χ2n) is 5.93. The van der Waals surface area contributed by atoms with Gasteiger partial charge >= 0.3 is 5.00 Å². The summed E-state index contributed by atoms with van der Waals surface area (Å²) in [7, 11) is 0. The second kappa shape index (κ2) is 11.4. The first-order valence-electron chi connectivity index (χ1n) is 8.92. The molecule has 0 aliphatic rings. The molecule has 0 atom stereocenters. The fourth-order valence-electron chi connectivity index (χ4n) is 2.42. The average molecular weight is 495 g/mol. The number of nitrogen functional groups attached to an aromatic ring is 1. The Hall–Kier alpha value is -3.28. The Labute approximate surface area is 201 Å². The molecule has 0 saturated heterocycles. The van der Waals surface area contributed by atoms with Gasteiger partial charge in [0, 0.05) is 30.3 Å². The minimum Gasteiger partial charge on any atom is -0.389 e. The molecule has 2 aromatic heterocycles. The van der Waals surface area contributed by atoms with Crippen LogP contribution in [-0.2, 0) is 0 Å². The van der Waals surface area contributed by atoms with Crippen LogP contribution in [0.3, 0.4) is 0 Å². The number of anilines is 1. The first-order valence-corrected chi connectivity index (χ1v) is 12.3. The molecular formula is C22H14N4O2S4. The van der Waals surface area contributed by atoms with E-state index >= 15 is 0 Å². The lowest BCUT2D eigenvalue weighted by Crippen LogP contribution is -1.87. The number of thiophene rings is 2. The minimum atomic E-state index is -0.516. The van der Waals surface area contributed by atoms with Gasteiger partial charge in [0.1, 0.15) is 22.7 Å². The number of rotatable bonds is 5. The van der Waals surface area contributed by atoms with E-state index in [9.17, 15) is 10.1 Å². The number of hydrogen-bond donors (Lipinski definition) is 1. The van der Waals surface area contributed by atoms with E-state index in [2.05, 4.69) is 6.07 Å². The highest BCUT2D eigenvalue weighted by molar-refractivity contribution is 7.99. The minimum absolute atomic E-state index is 0.0917. The SMILES string of the molecule is N#Cc1c(Sc2ccccc2)csc1N.N#Cc1c(Sc2ccccc2)csc1[N+](=O)[O-]. The maximum absolute atomic E-state index is 10.7. The van der Waals surface area contributed by atoms with Gasteiger partial charge in [-0.3, -0.25) is 10.1 Å². The molecule has 158 valence electrons. The van der Waals surface area contributed by atoms with Crippen LogP contribution in [-0.4, -0.2) is 4.92 Å². The predicted octanol–water partition coefficient (Wildman–Crippen LogP) is 7.03. The summed E-state index contributed by atoms with van der Waals surface area (Å²) >= 11 is 5.32. The normalized spacial score (nSPS) is 9.81. The molecule has 0 bridgehead atoms. The van der Waals surface area contributed by atoms with Crippen molar-refractivity contribution in [1.82, 2.24) is 0 Å². The van der Waals surface area contributed by atoms with Crippen molar-refractivity contribution in [1.29, 1.82) is 10.5 Å². The van der Waals surface area contributed by atoms with Gasteiger partial charge < -0.3 is 5.73 Å². The lowest BCUT2D eigenvalue weighted by atomic mass is 10.3. The van der Waals surface area contributed by atoms with Crippen molar-refractivity contribution in [2.24, 2.45) is 0 Å². The zero-order valence-electron chi connectivity index (χ0n) is 16.3. The van der Waals surface area contributed by atoms with Crippen LogP contribution in [0.4, 0.5) is 10.0 Å². The Morgan fingerprint density at radius 3 is 1.75 bits per heavy atom. The van der Waals surface area contributed by atoms with Crippen LogP contribution >= 0.6 is 46.2 Å². The number of hydrogen-bond acceptors (Lipinski definition) is 9. The standard InChI is InChI=1S/C11H6N2O2S2.C11H8N2S2/c12-6-9-10(7-16-11(9)13(14)15)17-8-4-2-1-3-5-8;12-6-9-10(7-14-11(9)13)15-8-4-2-1-3-5-8/h1-5,7H;1-5,7H,13H2. The molecule has 0 aliphatic carbocycles. The zero-order valence-corrected chi connectivity index (χ0v) is 19.6. The second-order valence-corrected chi connectivity index (χ2v) is 9.93. The summed E-state index contributed by atoms with van der Waals surface area (Å²) in [4.78, 5) is 13.8. The molecule has 0 aliphatic heterocycles. The van der Waals surface area contributed by atoms with Crippen molar-refractivity contribution in [2.45, 2.75) is 19.6 Å². The topological polar surface area (TPSA) is 117 Å². The van der Waals surface area contributed by atoms with Crippen molar-refractivity contribution in [2.75, 3.05) is 5.73 Å². The molecule has 4 aromatic rings. The Kier molecular flexibility index (Phi) is 8.31. The van der Waals surface area contributed by atoms with E-state index in [1.807, 2.05) is 72.1 Å². The van der Waals surface area contributed by atoms with Crippen molar-refractivity contribution in [3.63, 3.8) is 0 Å². The van der Waals surface area contributed by atoms with E-state index < -0.39 is 4.92 Å². The third-order valence-electron chi connectivity index (χ3n) is 3.86. The number of nitrogens with two attached hydrogens (primary N) is 1. The summed E-state index contributed by atoms with van der Waals surface area (Å²) in [6.45, 7) is 0. The molecule has 0 unspecified atom stereocenters. The van der Waals surface area contributed by atoms with Crippen molar-refractivity contribution < 1.29 is 4.92 Å². The van der Waals surface area contributed by atoms with E-state index in [1.165, 1.54) is 23.1 Å². The van der Waals surface area contributed by atoms with E-state index in [-0.39, 0.29) is 10.6 Å². The maximum Gasteiger partial charge on any atom is 0.342 e. The maximum atomic E-state index is 10.7. The highest BCUT2D eigenvalue weighted by atomic mass is 32.2. The van der Waals surface area contributed by atoms with Crippen LogP contribution in [0, 0.1) is 32.8 Å². The summed E-state index contributed by atoms with van der Waals surface area (Å²) in [6, 6.07) is 23.4. The molecule has 10 heteroatoms. The van der Waals surface area contributed by atoms with Gasteiger partial charge in [-0.05, 0) is 24.3 Å². The van der Waals surface area contributed by atoms with Crippen LogP contribution in [0.2, 0.25) is 0 Å². The molecule has 6 nitrogen and oxygen atoms in total. The Bertz CT molecular complexity index is 1290. The van der Waals surface area contributed by atoms with Crippen LogP contribution in [0.15, 0.2) is 91.0 Å². The highest BCUT2D eigenvalue weighted by Gasteiger charge is 2.21. The third kappa shape index (κ3) is 5.90. The number of benzene rings is 2. The molecule has 0 spiro atoms. The van der Waals surface area contributed by atoms with Gasteiger partial charge in [-0.25, -0.2) is 0 Å². The summed E-state index contributed by atoms with van der Waals surface area (Å²) in [5.74, 6) is 0. The molecule has 32 heavy (non-hydrogen) atoms. The van der Waals surface area contributed by atoms with Gasteiger partial charge in [-0.2, -0.15) is 10.5 Å². The number of nitrogens with zero attached hydrogens (tertiary/aromatic N) is 3. The summed E-state index contributed by atoms with van der Waals surface area (Å²) in [5, 5.41) is 32.7. The van der Waals surface area contributed by atoms with Gasteiger partial charge in [0.25, 0.3) is 0 Å². The van der Waals surface area contributed by atoms with E-state index in [0.717, 1.165) is 26.0 Å². The zero-order chi connectivity index (χ0) is 22.9. The molecule has 0 radical (unpaired) electrons. The van der Waals surface area contributed by atoms with Crippen LogP contribution in [0.1, 0.15) is 11.1 Å². The highest BCUT2D eigenvalue weighted by Crippen LogP contribution is 2.39. The van der Waals surface area contributed by atoms with E-state index in [4.69, 9.17) is 16.3 Å². The smallest absolute Gasteiger partial charge is 0.342 e. The fourth-order valence-corrected chi connectivity index (χ4v) is 6.14. The van der Waals surface area contributed by atoms with Gasteiger partial charge in [0.05, 0.1) is 4.92 Å². The van der Waals surface area contributed by atoms with Gasteiger partial charge in [-0.1, -0.05) is 71.3 Å². The summed E-state index contributed by atoms with van der Waals surface area (Å²) < 4.78 is 0. The molecule has 2 N–H and O–H groups in total. The molecule has 2 aromatic carbocycles. The average Bonchev–Trinajstić information content (AvgIpc) is 3.38. The van der Waals surface area contributed by atoms with Crippen molar-refractivity contribution in [3.05, 3.63) is 92.7 Å². The lowest BCUT2D eigenvalue weighted by molar-refractivity contribution is -0.380. The summed E-state index contributed by atoms with van der Waals surface area (Å²) in [6.07, 6.45) is 0. The Balaban J connectivity index is 0.000000182. The molecule has 2 heterocycles. The quantitative estimate of drug-likeness (QED) is 0.234. The molecule has 4 rings (SSSR count). The largest absolute Gasteiger partial charge is 0.389 e. The van der Waals surface area contributed by atoms with Gasteiger partial charge in [0.2, 0.25) is 0 Å².